The van der Waals surface area contributed by atoms with Crippen molar-refractivity contribution in [2.45, 2.75) is 38.2 Å². The molecule has 1 atom stereocenters. The van der Waals surface area contributed by atoms with Gasteiger partial charge in [-0.05, 0) is 36.6 Å². The largest absolute Gasteiger partial charge is 0.411 e. The van der Waals surface area contributed by atoms with Crippen LogP contribution >= 0.6 is 0 Å². The van der Waals surface area contributed by atoms with Gasteiger partial charge in [0.05, 0.1) is 12.6 Å². The minimum Gasteiger partial charge on any atom is -0.367 e. The highest BCUT2D eigenvalue weighted by Crippen LogP contribution is 2.17. The minimum atomic E-state index is -4.33. The van der Waals surface area contributed by atoms with E-state index in [1.54, 1.807) is 30.3 Å². The van der Waals surface area contributed by atoms with E-state index in [2.05, 4.69) is 20.5 Å². The third kappa shape index (κ3) is 6.07. The lowest BCUT2D eigenvalue weighted by Gasteiger charge is -2.22. The van der Waals surface area contributed by atoms with Crippen LogP contribution in [0.4, 0.5) is 13.2 Å². The number of benzene rings is 1. The van der Waals surface area contributed by atoms with E-state index in [4.69, 9.17) is 0 Å². The topological polar surface area (TPSA) is 68.2 Å². The molecule has 1 amide bonds. The molecule has 0 radical (unpaired) electrons. The van der Waals surface area contributed by atoms with Gasteiger partial charge in [-0.1, -0.05) is 24.3 Å². The van der Waals surface area contributed by atoms with Gasteiger partial charge in [-0.3, -0.25) is 9.48 Å². The number of piperidine rings is 1. The molecule has 1 aliphatic rings. The van der Waals surface area contributed by atoms with E-state index < -0.39 is 12.8 Å². The second-order valence-electron chi connectivity index (χ2n) is 6.79. The Morgan fingerprint density at radius 2 is 2.00 bits per heavy atom. The molecule has 0 aliphatic carbocycles. The highest BCUT2D eigenvalue weighted by Gasteiger charge is 2.27. The van der Waals surface area contributed by atoms with Gasteiger partial charge < -0.3 is 15.4 Å². The van der Waals surface area contributed by atoms with Gasteiger partial charge in [-0.25, -0.2) is 0 Å². The second kappa shape index (κ2) is 9.20. The minimum absolute atomic E-state index is 0.111. The second-order valence-corrected chi connectivity index (χ2v) is 6.79. The van der Waals surface area contributed by atoms with E-state index in [1.165, 1.54) is 0 Å². The molecule has 0 spiro atoms. The van der Waals surface area contributed by atoms with Crippen molar-refractivity contribution in [3.63, 3.8) is 0 Å². The number of hydrogen-bond acceptors (Lipinski definition) is 4. The summed E-state index contributed by atoms with van der Waals surface area (Å²) in [4.78, 5) is 12.3. The van der Waals surface area contributed by atoms with E-state index in [0.29, 0.717) is 17.8 Å². The van der Waals surface area contributed by atoms with Crippen LogP contribution in [0.5, 0.6) is 0 Å². The molecule has 9 heteroatoms. The molecule has 0 bridgehead atoms. The van der Waals surface area contributed by atoms with Crippen molar-refractivity contribution in [1.82, 2.24) is 20.4 Å². The first kappa shape index (κ1) is 20.3. The molecule has 3 rings (SSSR count). The number of aromatic nitrogens is 2. The molecule has 1 saturated heterocycles. The Morgan fingerprint density at radius 3 is 2.68 bits per heavy atom. The summed E-state index contributed by atoms with van der Waals surface area (Å²) in [7, 11) is 0. The van der Waals surface area contributed by atoms with Crippen LogP contribution < -0.4 is 10.6 Å². The zero-order valence-electron chi connectivity index (χ0n) is 15.3. The quantitative estimate of drug-likeness (QED) is 0.755. The van der Waals surface area contributed by atoms with Crippen molar-refractivity contribution in [2.24, 2.45) is 0 Å². The Morgan fingerprint density at radius 1 is 1.25 bits per heavy atom. The summed E-state index contributed by atoms with van der Waals surface area (Å²) in [5.41, 5.74) is 1.84. The molecular weight excluding hydrogens is 373 g/mol. The Balaban J connectivity index is 1.46. The molecule has 2 heterocycles. The average Bonchev–Trinajstić information content (AvgIpc) is 3.17. The molecule has 6 nitrogen and oxygen atoms in total. The lowest BCUT2D eigenvalue weighted by molar-refractivity contribution is -0.176. The third-order valence-electron chi connectivity index (χ3n) is 4.50. The van der Waals surface area contributed by atoms with Crippen LogP contribution in [0, 0.1) is 0 Å². The summed E-state index contributed by atoms with van der Waals surface area (Å²) < 4.78 is 42.7. The summed E-state index contributed by atoms with van der Waals surface area (Å²) in [5, 5.41) is 10.5. The van der Waals surface area contributed by atoms with Crippen LogP contribution in [-0.2, 0) is 17.9 Å². The number of nitrogens with zero attached hydrogens (tertiary/aromatic N) is 2. The summed E-state index contributed by atoms with van der Waals surface area (Å²) in [5.74, 6) is -0.264. The van der Waals surface area contributed by atoms with Gasteiger partial charge in [0.15, 0.2) is 0 Å². The van der Waals surface area contributed by atoms with E-state index >= 15 is 0 Å². The lowest BCUT2D eigenvalue weighted by Crippen LogP contribution is -2.32. The molecule has 28 heavy (non-hydrogen) atoms. The molecule has 2 aromatic rings. The Bertz CT molecular complexity index is 768. The molecule has 1 aromatic heterocycles. The molecule has 152 valence electrons. The number of nitrogens with one attached hydrogen (secondary N) is 2. The van der Waals surface area contributed by atoms with E-state index in [-0.39, 0.29) is 18.6 Å². The normalized spacial score (nSPS) is 17.5. The zero-order valence-corrected chi connectivity index (χ0v) is 15.3. The van der Waals surface area contributed by atoms with Crippen LogP contribution in [0.25, 0.3) is 0 Å². The van der Waals surface area contributed by atoms with Crippen molar-refractivity contribution < 1.29 is 22.7 Å². The van der Waals surface area contributed by atoms with Crippen LogP contribution in [0.3, 0.4) is 0 Å². The van der Waals surface area contributed by atoms with Crippen LogP contribution in [0.1, 0.15) is 40.5 Å². The lowest BCUT2D eigenvalue weighted by atomic mass is 10.1. The molecule has 1 fully saturated rings. The summed E-state index contributed by atoms with van der Waals surface area (Å²) >= 11 is 0. The Labute approximate surface area is 161 Å². The monoisotopic (exact) mass is 396 g/mol. The number of carbonyl (C=O) groups excluding carboxylic acids is 1. The van der Waals surface area contributed by atoms with Crippen molar-refractivity contribution in [3.05, 3.63) is 53.3 Å². The van der Waals surface area contributed by atoms with Crippen molar-refractivity contribution in [1.29, 1.82) is 0 Å². The van der Waals surface area contributed by atoms with Crippen LogP contribution in [0.15, 0.2) is 36.5 Å². The first-order valence-corrected chi connectivity index (χ1v) is 9.17. The highest BCUT2D eigenvalue weighted by molar-refractivity contribution is 5.92. The van der Waals surface area contributed by atoms with E-state index in [9.17, 15) is 18.0 Å². The van der Waals surface area contributed by atoms with Crippen LogP contribution in [0.2, 0.25) is 0 Å². The maximum absolute atomic E-state index is 12.3. The van der Waals surface area contributed by atoms with Gasteiger partial charge in [-0.15, -0.1) is 0 Å². The highest BCUT2D eigenvalue weighted by atomic mass is 19.4. The van der Waals surface area contributed by atoms with Gasteiger partial charge in [-0.2, -0.15) is 18.3 Å². The molecule has 1 unspecified atom stereocenters. The first-order chi connectivity index (χ1) is 13.4. The number of halogens is 3. The average molecular weight is 396 g/mol. The fraction of sp³-hybridized carbons (Fsp3) is 0.474. The smallest absolute Gasteiger partial charge is 0.367 e. The molecule has 2 N–H and O–H groups in total. The van der Waals surface area contributed by atoms with Gasteiger partial charge >= 0.3 is 6.18 Å². The standard InChI is InChI=1S/C19H23F3N4O2/c20-19(21,22)13-28-12-15-5-3-14(4-6-15)10-24-18(27)17-7-9-26(25-17)16-2-1-8-23-11-16/h3-7,9,16,23H,1-2,8,10-13H2,(H,24,27). The fourth-order valence-electron chi connectivity index (χ4n) is 3.03. The van der Waals surface area contributed by atoms with Crippen molar-refractivity contribution in [3.8, 4) is 0 Å². The van der Waals surface area contributed by atoms with Gasteiger partial charge in [0.2, 0.25) is 0 Å². The van der Waals surface area contributed by atoms with Crippen LogP contribution in [-0.4, -0.2) is 41.6 Å². The summed E-state index contributed by atoms with van der Waals surface area (Å²) in [6.45, 7) is 0.786. The third-order valence-corrected chi connectivity index (χ3v) is 4.50. The number of rotatable bonds is 7. The molecule has 0 saturated carbocycles. The number of ether oxygens (including phenoxy) is 1. The van der Waals surface area contributed by atoms with E-state index in [1.807, 2.05) is 10.9 Å². The summed E-state index contributed by atoms with van der Waals surface area (Å²) in [6.07, 6.45) is -0.384. The first-order valence-electron chi connectivity index (χ1n) is 9.17. The molecule has 1 aromatic carbocycles. The van der Waals surface area contributed by atoms with Gasteiger partial charge in [0, 0.05) is 19.3 Å². The molecule has 1 aliphatic heterocycles. The van der Waals surface area contributed by atoms with Gasteiger partial charge in [0.1, 0.15) is 12.3 Å². The van der Waals surface area contributed by atoms with Crippen molar-refractivity contribution in [2.75, 3.05) is 19.7 Å². The summed E-state index contributed by atoms with van der Waals surface area (Å²) in [6, 6.07) is 8.83. The van der Waals surface area contributed by atoms with Gasteiger partial charge in [0.25, 0.3) is 5.91 Å². The Hall–Kier alpha value is -2.39. The molecular formula is C19H23F3N4O2. The fourth-order valence-corrected chi connectivity index (χ4v) is 3.03. The van der Waals surface area contributed by atoms with E-state index in [0.717, 1.165) is 31.5 Å². The predicted molar refractivity (Wildman–Crippen MR) is 96.7 cm³/mol. The predicted octanol–water partition coefficient (Wildman–Crippen LogP) is 2.82. The Kier molecular flexibility index (Phi) is 6.69. The maximum Gasteiger partial charge on any atom is 0.411 e. The number of hydrogen-bond donors (Lipinski definition) is 2. The number of carbonyl (C=O) groups is 1. The number of amides is 1. The van der Waals surface area contributed by atoms with Crippen molar-refractivity contribution >= 4 is 5.91 Å². The number of alkyl halides is 3. The maximum atomic E-state index is 12.3. The SMILES string of the molecule is O=C(NCc1ccc(COCC(F)(F)F)cc1)c1ccn(C2CCCNC2)n1. The zero-order chi connectivity index (χ0) is 20.0.